The van der Waals surface area contributed by atoms with Gasteiger partial charge in [0.05, 0.1) is 50.6 Å². The summed E-state index contributed by atoms with van der Waals surface area (Å²) in [6, 6.07) is 3.25. The first kappa shape index (κ1) is 23.2. The van der Waals surface area contributed by atoms with Crippen molar-refractivity contribution in [1.82, 2.24) is 19.9 Å². The number of aryl methyl sites for hydroxylation is 1. The molecule has 2 amide bonds. The van der Waals surface area contributed by atoms with Gasteiger partial charge in [0.15, 0.2) is 6.39 Å². The first-order chi connectivity index (χ1) is 16.2. The molecule has 0 unspecified atom stereocenters. The number of oxazole rings is 1. The number of aromatic nitrogens is 3. The lowest BCUT2D eigenvalue weighted by Gasteiger charge is -2.16. The molecule has 0 spiro atoms. The SMILES string of the molecule is Cc1cc(CN2Cc3c(ccnc3NC(=O)Cc3cnco3)C2=O)ncc1OCCC(F)(F)F. The summed E-state index contributed by atoms with van der Waals surface area (Å²) in [5.74, 6) is 0.338. The van der Waals surface area contributed by atoms with Crippen molar-refractivity contribution in [2.45, 2.75) is 39.0 Å². The predicted molar refractivity (Wildman–Crippen MR) is 112 cm³/mol. The molecule has 12 heteroatoms. The number of amides is 2. The van der Waals surface area contributed by atoms with Gasteiger partial charge in [-0.3, -0.25) is 14.6 Å². The number of halogens is 3. The molecule has 34 heavy (non-hydrogen) atoms. The van der Waals surface area contributed by atoms with Crippen molar-refractivity contribution < 1.29 is 31.9 Å². The summed E-state index contributed by atoms with van der Waals surface area (Å²) in [6.45, 7) is 1.58. The molecule has 0 atom stereocenters. The minimum Gasteiger partial charge on any atom is -0.491 e. The number of carbonyl (C=O) groups excluding carboxylic acids is 2. The number of nitrogens with one attached hydrogen (secondary N) is 1. The van der Waals surface area contributed by atoms with E-state index in [2.05, 4.69) is 20.3 Å². The highest BCUT2D eigenvalue weighted by Crippen LogP contribution is 2.29. The van der Waals surface area contributed by atoms with Crippen molar-refractivity contribution in [3.8, 4) is 5.75 Å². The van der Waals surface area contributed by atoms with E-state index in [1.54, 1.807) is 24.0 Å². The minimum atomic E-state index is -4.30. The third-order valence-corrected chi connectivity index (χ3v) is 5.11. The average Bonchev–Trinajstić information content (AvgIpc) is 3.38. The topological polar surface area (TPSA) is 110 Å². The maximum absolute atomic E-state index is 12.9. The van der Waals surface area contributed by atoms with Gasteiger partial charge in [0, 0.05) is 17.3 Å². The van der Waals surface area contributed by atoms with E-state index in [0.29, 0.717) is 28.1 Å². The molecule has 0 saturated carbocycles. The van der Waals surface area contributed by atoms with Gasteiger partial charge in [-0.15, -0.1) is 0 Å². The number of fused-ring (bicyclic) bond motifs is 1. The maximum atomic E-state index is 12.9. The summed E-state index contributed by atoms with van der Waals surface area (Å²) in [5.41, 5.74) is 2.17. The fraction of sp³-hybridized carbons (Fsp3) is 0.318. The highest BCUT2D eigenvalue weighted by molar-refractivity contribution is 6.01. The van der Waals surface area contributed by atoms with Crippen molar-refractivity contribution in [2.75, 3.05) is 11.9 Å². The summed E-state index contributed by atoms with van der Waals surface area (Å²) >= 11 is 0. The monoisotopic (exact) mass is 475 g/mol. The molecular weight excluding hydrogens is 455 g/mol. The molecule has 0 aliphatic carbocycles. The van der Waals surface area contributed by atoms with Crippen LogP contribution in [-0.2, 0) is 24.3 Å². The Labute approximate surface area is 192 Å². The van der Waals surface area contributed by atoms with E-state index in [0.717, 1.165) is 0 Å². The van der Waals surface area contributed by atoms with Crippen LogP contribution in [0.15, 0.2) is 41.5 Å². The van der Waals surface area contributed by atoms with Crippen LogP contribution in [-0.4, -0.2) is 44.4 Å². The molecule has 0 saturated heterocycles. The zero-order valence-electron chi connectivity index (χ0n) is 18.1. The van der Waals surface area contributed by atoms with Gasteiger partial charge in [-0.05, 0) is 24.6 Å². The largest absolute Gasteiger partial charge is 0.491 e. The fourth-order valence-corrected chi connectivity index (χ4v) is 3.50. The molecule has 1 aliphatic rings. The Morgan fingerprint density at radius 2 is 2.12 bits per heavy atom. The quantitative estimate of drug-likeness (QED) is 0.531. The summed E-state index contributed by atoms with van der Waals surface area (Å²) in [5, 5.41) is 2.70. The van der Waals surface area contributed by atoms with Gasteiger partial charge in [0.25, 0.3) is 5.91 Å². The third-order valence-electron chi connectivity index (χ3n) is 5.11. The van der Waals surface area contributed by atoms with E-state index in [1.807, 2.05) is 0 Å². The fourth-order valence-electron chi connectivity index (χ4n) is 3.50. The maximum Gasteiger partial charge on any atom is 0.392 e. The van der Waals surface area contributed by atoms with Crippen LogP contribution in [0.3, 0.4) is 0 Å². The van der Waals surface area contributed by atoms with E-state index >= 15 is 0 Å². The lowest BCUT2D eigenvalue weighted by Crippen LogP contribution is -2.24. The van der Waals surface area contributed by atoms with E-state index in [1.165, 1.54) is 25.0 Å². The molecular formula is C22H20F3N5O4. The van der Waals surface area contributed by atoms with Gasteiger partial charge in [-0.2, -0.15) is 13.2 Å². The molecule has 1 aliphatic heterocycles. The lowest BCUT2D eigenvalue weighted by molar-refractivity contribution is -0.139. The van der Waals surface area contributed by atoms with E-state index in [9.17, 15) is 22.8 Å². The van der Waals surface area contributed by atoms with Crippen LogP contribution < -0.4 is 10.1 Å². The normalized spacial score (nSPS) is 13.2. The molecule has 178 valence electrons. The van der Waals surface area contributed by atoms with Crippen molar-refractivity contribution in [2.24, 2.45) is 0 Å². The first-order valence-electron chi connectivity index (χ1n) is 10.3. The Morgan fingerprint density at radius 1 is 1.29 bits per heavy atom. The number of ether oxygens (including phenoxy) is 1. The molecule has 9 nitrogen and oxygen atoms in total. The van der Waals surface area contributed by atoms with Crippen molar-refractivity contribution >= 4 is 17.6 Å². The van der Waals surface area contributed by atoms with Gasteiger partial charge >= 0.3 is 6.18 Å². The number of hydrogen-bond acceptors (Lipinski definition) is 7. The van der Waals surface area contributed by atoms with Crippen LogP contribution in [0, 0.1) is 6.92 Å². The van der Waals surface area contributed by atoms with E-state index < -0.39 is 19.2 Å². The second kappa shape index (κ2) is 9.49. The van der Waals surface area contributed by atoms with Crippen LogP contribution in [0.25, 0.3) is 0 Å². The van der Waals surface area contributed by atoms with Gasteiger partial charge in [0.1, 0.15) is 17.3 Å². The molecule has 0 bridgehead atoms. The zero-order chi connectivity index (χ0) is 24.3. The van der Waals surface area contributed by atoms with Crippen molar-refractivity contribution in [1.29, 1.82) is 0 Å². The summed E-state index contributed by atoms with van der Waals surface area (Å²) < 4.78 is 47.2. The smallest absolute Gasteiger partial charge is 0.392 e. The van der Waals surface area contributed by atoms with Crippen LogP contribution in [0.1, 0.15) is 39.4 Å². The van der Waals surface area contributed by atoms with Crippen LogP contribution >= 0.6 is 0 Å². The molecule has 3 aromatic rings. The highest BCUT2D eigenvalue weighted by atomic mass is 19.4. The second-order valence-corrected chi connectivity index (χ2v) is 7.69. The number of anilines is 1. The number of hydrogen-bond donors (Lipinski definition) is 1. The molecule has 0 aromatic carbocycles. The van der Waals surface area contributed by atoms with Crippen LogP contribution in [0.2, 0.25) is 0 Å². The number of carbonyl (C=O) groups is 2. The molecule has 0 radical (unpaired) electrons. The summed E-state index contributed by atoms with van der Waals surface area (Å²) in [6.07, 6.45) is 0.0916. The Balaban J connectivity index is 1.41. The molecule has 1 N–H and O–H groups in total. The average molecular weight is 475 g/mol. The third kappa shape index (κ3) is 5.50. The Bertz CT molecular complexity index is 1200. The minimum absolute atomic E-state index is 0.0242. The summed E-state index contributed by atoms with van der Waals surface area (Å²) in [7, 11) is 0. The number of pyridine rings is 2. The van der Waals surface area contributed by atoms with Gasteiger partial charge in [0.2, 0.25) is 5.91 Å². The van der Waals surface area contributed by atoms with Gasteiger partial charge in [-0.25, -0.2) is 9.97 Å². The molecule has 0 fully saturated rings. The number of nitrogens with zero attached hydrogens (tertiary/aromatic N) is 4. The van der Waals surface area contributed by atoms with Crippen LogP contribution in [0.5, 0.6) is 5.75 Å². The predicted octanol–water partition coefficient (Wildman–Crippen LogP) is 3.44. The first-order valence-corrected chi connectivity index (χ1v) is 10.3. The second-order valence-electron chi connectivity index (χ2n) is 7.69. The Hall–Kier alpha value is -3.96. The Kier molecular flexibility index (Phi) is 6.48. The van der Waals surface area contributed by atoms with Crippen molar-refractivity contribution in [3.05, 3.63) is 65.3 Å². The van der Waals surface area contributed by atoms with Crippen LogP contribution in [0.4, 0.5) is 19.0 Å². The Morgan fingerprint density at radius 3 is 2.82 bits per heavy atom. The molecule has 3 aromatic heterocycles. The number of alkyl halides is 3. The zero-order valence-corrected chi connectivity index (χ0v) is 18.1. The van der Waals surface area contributed by atoms with Gasteiger partial charge in [-0.1, -0.05) is 0 Å². The summed E-state index contributed by atoms with van der Waals surface area (Å²) in [4.78, 5) is 38.9. The van der Waals surface area contributed by atoms with E-state index in [-0.39, 0.29) is 42.9 Å². The van der Waals surface area contributed by atoms with E-state index in [4.69, 9.17) is 9.15 Å². The standard InChI is InChI=1S/C22H20F3N5O4/c1-13-6-14(28-9-18(13)33-5-3-22(23,24)25)10-30-11-17-16(21(30)32)2-4-27-20(17)29-19(31)7-15-8-26-12-34-15/h2,4,6,8-9,12H,3,5,7,10-11H2,1H3,(H,27,29,31). The molecule has 4 rings (SSSR count). The lowest BCUT2D eigenvalue weighted by atomic mass is 10.1. The van der Waals surface area contributed by atoms with Gasteiger partial charge < -0.3 is 19.4 Å². The number of rotatable bonds is 8. The molecule has 4 heterocycles. The van der Waals surface area contributed by atoms with Crippen molar-refractivity contribution in [3.63, 3.8) is 0 Å². The highest BCUT2D eigenvalue weighted by Gasteiger charge is 2.31.